The van der Waals surface area contributed by atoms with E-state index in [0.717, 1.165) is 11.8 Å². The average molecular weight is 431 g/mol. The summed E-state index contributed by atoms with van der Waals surface area (Å²) in [7, 11) is -1.64. The van der Waals surface area contributed by atoms with E-state index in [1.54, 1.807) is 13.2 Å². The second-order valence-electron chi connectivity index (χ2n) is 6.75. The number of sulfone groups is 1. The molecule has 7 nitrogen and oxygen atoms in total. The van der Waals surface area contributed by atoms with E-state index in [1.807, 2.05) is 30.3 Å². The fraction of sp³-hybridized carbons (Fsp3) is 0.238. The molecule has 0 aliphatic carbocycles. The van der Waals surface area contributed by atoms with Gasteiger partial charge in [-0.25, -0.2) is 17.8 Å². The highest BCUT2D eigenvalue weighted by atomic mass is 32.2. The van der Waals surface area contributed by atoms with Crippen molar-refractivity contribution in [3.05, 3.63) is 77.6 Å². The van der Waals surface area contributed by atoms with Crippen LogP contribution in [0.5, 0.6) is 0 Å². The second kappa shape index (κ2) is 9.53. The van der Waals surface area contributed by atoms with Gasteiger partial charge in [-0.05, 0) is 23.3 Å². The molecule has 0 aliphatic heterocycles. The van der Waals surface area contributed by atoms with Crippen molar-refractivity contribution in [1.82, 2.24) is 15.6 Å². The molecule has 1 aromatic heterocycles. The van der Waals surface area contributed by atoms with Gasteiger partial charge < -0.3 is 15.1 Å². The molecule has 0 amide bonds. The minimum atomic E-state index is -3.24. The lowest BCUT2D eigenvalue weighted by molar-refractivity contribution is 0.497. The topological polar surface area (TPSA) is 96.6 Å². The average Bonchev–Trinajstić information content (AvgIpc) is 3.19. The smallest absolute Gasteiger partial charge is 0.214 e. The van der Waals surface area contributed by atoms with Crippen LogP contribution < -0.4 is 10.6 Å². The Balaban J connectivity index is 1.61. The molecule has 158 valence electrons. The van der Waals surface area contributed by atoms with Gasteiger partial charge in [-0.1, -0.05) is 36.4 Å². The third-order valence-corrected chi connectivity index (χ3v) is 5.11. The highest BCUT2D eigenvalue weighted by Crippen LogP contribution is 2.19. The van der Waals surface area contributed by atoms with Gasteiger partial charge in [0.2, 0.25) is 5.89 Å². The van der Waals surface area contributed by atoms with Crippen LogP contribution in [-0.4, -0.2) is 32.7 Å². The number of halogens is 1. The quantitative estimate of drug-likeness (QED) is 0.442. The van der Waals surface area contributed by atoms with E-state index >= 15 is 0 Å². The number of rotatable bonds is 7. The molecule has 0 atom stereocenters. The van der Waals surface area contributed by atoms with Gasteiger partial charge in [-0.2, -0.15) is 0 Å². The van der Waals surface area contributed by atoms with Gasteiger partial charge in [-0.15, -0.1) is 0 Å². The van der Waals surface area contributed by atoms with Crippen molar-refractivity contribution in [2.45, 2.75) is 18.8 Å². The number of benzene rings is 2. The van der Waals surface area contributed by atoms with Gasteiger partial charge >= 0.3 is 0 Å². The Hall–Kier alpha value is -3.20. The van der Waals surface area contributed by atoms with E-state index in [2.05, 4.69) is 20.6 Å². The van der Waals surface area contributed by atoms with E-state index < -0.39 is 15.7 Å². The monoisotopic (exact) mass is 430 g/mol. The van der Waals surface area contributed by atoms with Gasteiger partial charge in [0.25, 0.3) is 0 Å². The summed E-state index contributed by atoms with van der Waals surface area (Å²) in [5, 5.41) is 6.13. The summed E-state index contributed by atoms with van der Waals surface area (Å²) in [6.07, 6.45) is 2.81. The van der Waals surface area contributed by atoms with Crippen molar-refractivity contribution in [3.8, 4) is 11.3 Å². The normalized spacial score (nSPS) is 12.0. The molecule has 0 aliphatic rings. The van der Waals surface area contributed by atoms with Crippen LogP contribution in [0.4, 0.5) is 4.39 Å². The minimum Gasteiger partial charge on any atom is -0.439 e. The lowest BCUT2D eigenvalue weighted by atomic mass is 10.1. The molecular weight excluding hydrogens is 407 g/mol. The van der Waals surface area contributed by atoms with Crippen LogP contribution >= 0.6 is 0 Å². The molecule has 0 spiro atoms. The Bertz CT molecular complexity index is 1130. The van der Waals surface area contributed by atoms with Crippen molar-refractivity contribution in [3.63, 3.8) is 0 Å². The number of guanidine groups is 1. The summed E-state index contributed by atoms with van der Waals surface area (Å²) in [5.41, 5.74) is 2.02. The fourth-order valence-electron chi connectivity index (χ4n) is 2.87. The van der Waals surface area contributed by atoms with Gasteiger partial charge in [0.15, 0.2) is 21.6 Å². The molecule has 0 radical (unpaired) electrons. The van der Waals surface area contributed by atoms with Gasteiger partial charge in [-0.3, -0.25) is 4.99 Å². The summed E-state index contributed by atoms with van der Waals surface area (Å²) in [6, 6.07) is 13.7. The van der Waals surface area contributed by atoms with Crippen LogP contribution in [0.15, 0.2) is 64.1 Å². The van der Waals surface area contributed by atoms with Gasteiger partial charge in [0.05, 0.1) is 18.5 Å². The zero-order valence-electron chi connectivity index (χ0n) is 16.7. The summed E-state index contributed by atoms with van der Waals surface area (Å²) >= 11 is 0. The van der Waals surface area contributed by atoms with Crippen molar-refractivity contribution in [2.24, 2.45) is 4.99 Å². The van der Waals surface area contributed by atoms with Gasteiger partial charge in [0, 0.05) is 25.4 Å². The zero-order chi connectivity index (χ0) is 21.6. The number of aliphatic imine (C=N–C) groups is 1. The molecule has 1 heterocycles. The maximum Gasteiger partial charge on any atom is 0.214 e. The Morgan fingerprint density at radius 2 is 1.83 bits per heavy atom. The summed E-state index contributed by atoms with van der Waals surface area (Å²) in [6.45, 7) is 0.509. The van der Waals surface area contributed by atoms with E-state index in [0.29, 0.717) is 35.3 Å². The largest absolute Gasteiger partial charge is 0.439 e. The maximum absolute atomic E-state index is 13.7. The van der Waals surface area contributed by atoms with Crippen LogP contribution in [0.3, 0.4) is 0 Å². The Labute approximate surface area is 175 Å². The number of hydrogen-bond donors (Lipinski definition) is 2. The number of nitrogens with zero attached hydrogens (tertiary/aromatic N) is 2. The van der Waals surface area contributed by atoms with E-state index in [4.69, 9.17) is 4.42 Å². The van der Waals surface area contributed by atoms with Crippen molar-refractivity contribution in [1.29, 1.82) is 0 Å². The standard InChI is InChI=1S/C21H23FN4O3S/c1-23-21(25-11-17-10-18(22)9-8-16(17)14-30(2,27)28)26-13-20-24-12-19(29-20)15-6-4-3-5-7-15/h3-10,12H,11,13-14H2,1-2H3,(H2,23,25,26). The molecule has 30 heavy (non-hydrogen) atoms. The first-order chi connectivity index (χ1) is 14.3. The second-order valence-corrected chi connectivity index (χ2v) is 8.89. The molecule has 0 unspecified atom stereocenters. The molecule has 2 aromatic carbocycles. The molecule has 0 saturated carbocycles. The first-order valence-corrected chi connectivity index (χ1v) is 11.3. The fourth-order valence-corrected chi connectivity index (χ4v) is 3.72. The van der Waals surface area contributed by atoms with Crippen molar-refractivity contribution >= 4 is 15.8 Å². The summed E-state index contributed by atoms with van der Waals surface area (Å²) in [5.74, 6) is 1.01. The Morgan fingerprint density at radius 3 is 2.53 bits per heavy atom. The lowest BCUT2D eigenvalue weighted by Crippen LogP contribution is -2.36. The lowest BCUT2D eigenvalue weighted by Gasteiger charge is -2.13. The highest BCUT2D eigenvalue weighted by molar-refractivity contribution is 7.89. The molecule has 0 saturated heterocycles. The maximum atomic E-state index is 13.7. The van der Waals surface area contributed by atoms with Crippen molar-refractivity contribution < 1.29 is 17.2 Å². The van der Waals surface area contributed by atoms with E-state index in [1.165, 1.54) is 18.2 Å². The third-order valence-electron chi connectivity index (χ3n) is 4.27. The molecule has 3 aromatic rings. The minimum absolute atomic E-state index is 0.158. The van der Waals surface area contributed by atoms with Crippen LogP contribution in [0.25, 0.3) is 11.3 Å². The number of nitrogens with one attached hydrogen (secondary N) is 2. The predicted octanol–water partition coefficient (Wildman–Crippen LogP) is 2.89. The van der Waals surface area contributed by atoms with Crippen LogP contribution in [-0.2, 0) is 28.7 Å². The zero-order valence-corrected chi connectivity index (χ0v) is 17.5. The van der Waals surface area contributed by atoms with Crippen LogP contribution in [0.1, 0.15) is 17.0 Å². The van der Waals surface area contributed by atoms with Crippen LogP contribution in [0.2, 0.25) is 0 Å². The van der Waals surface area contributed by atoms with E-state index in [9.17, 15) is 12.8 Å². The first kappa shape index (κ1) is 21.5. The number of aromatic nitrogens is 1. The molecule has 2 N–H and O–H groups in total. The molecular formula is C21H23FN4O3S. The van der Waals surface area contributed by atoms with E-state index in [-0.39, 0.29) is 12.3 Å². The molecule has 0 bridgehead atoms. The molecule has 3 rings (SSSR count). The summed E-state index contributed by atoms with van der Waals surface area (Å²) in [4.78, 5) is 8.38. The van der Waals surface area contributed by atoms with Crippen LogP contribution in [0, 0.1) is 5.82 Å². The number of hydrogen-bond acceptors (Lipinski definition) is 5. The molecule has 0 fully saturated rings. The van der Waals surface area contributed by atoms with Gasteiger partial charge in [0.1, 0.15) is 5.82 Å². The van der Waals surface area contributed by atoms with Crippen molar-refractivity contribution in [2.75, 3.05) is 13.3 Å². The first-order valence-electron chi connectivity index (χ1n) is 9.24. The highest BCUT2D eigenvalue weighted by Gasteiger charge is 2.12. The summed E-state index contributed by atoms with van der Waals surface area (Å²) < 4.78 is 42.7. The predicted molar refractivity (Wildman–Crippen MR) is 114 cm³/mol. The molecule has 9 heteroatoms. The SMILES string of the molecule is CN=C(NCc1ncc(-c2ccccc2)o1)NCc1cc(F)ccc1CS(C)(=O)=O. The number of oxazole rings is 1. The third kappa shape index (κ3) is 6.15. The Kier molecular flexibility index (Phi) is 6.83. The Morgan fingerprint density at radius 1 is 1.10 bits per heavy atom.